The smallest absolute Gasteiger partial charge is 0.239 e. The van der Waals surface area contributed by atoms with Crippen LogP contribution in [0.3, 0.4) is 0 Å². The minimum atomic E-state index is -0.478. The van der Waals surface area contributed by atoms with Gasteiger partial charge in [0, 0.05) is 20.1 Å². The van der Waals surface area contributed by atoms with Gasteiger partial charge in [0.15, 0.2) is 0 Å². The summed E-state index contributed by atoms with van der Waals surface area (Å²) in [5, 5.41) is 2.62. The number of piperidine rings is 1. The van der Waals surface area contributed by atoms with Crippen molar-refractivity contribution >= 4 is 11.8 Å². The van der Waals surface area contributed by atoms with Crippen LogP contribution in [0, 0.1) is 5.92 Å². The lowest BCUT2D eigenvalue weighted by Crippen LogP contribution is -2.49. The Labute approximate surface area is 90.0 Å². The first kappa shape index (κ1) is 12.0. The van der Waals surface area contributed by atoms with E-state index in [4.69, 9.17) is 5.73 Å². The van der Waals surface area contributed by atoms with E-state index in [0.717, 1.165) is 12.8 Å². The zero-order valence-electron chi connectivity index (χ0n) is 9.32. The molecule has 1 saturated heterocycles. The van der Waals surface area contributed by atoms with Gasteiger partial charge in [0.1, 0.15) is 0 Å². The van der Waals surface area contributed by atoms with Gasteiger partial charge in [-0.1, -0.05) is 0 Å². The third-order valence-corrected chi connectivity index (χ3v) is 2.74. The molecule has 86 valence electrons. The van der Waals surface area contributed by atoms with E-state index in [1.807, 2.05) is 0 Å². The monoisotopic (exact) mass is 213 g/mol. The standard InChI is InChI=1S/C10H19N3O2/c1-7(11)10(15)13-5-3-4-8(6-13)9(14)12-2/h7-8H,3-6,11H2,1-2H3,(H,12,14)/t7-,8?/m1/s1. The number of nitrogens with two attached hydrogens (primary N) is 1. The Balaban J connectivity index is 2.56. The van der Waals surface area contributed by atoms with Crippen molar-refractivity contribution in [3.63, 3.8) is 0 Å². The zero-order chi connectivity index (χ0) is 11.4. The molecular weight excluding hydrogens is 194 g/mol. The van der Waals surface area contributed by atoms with E-state index >= 15 is 0 Å². The second-order valence-electron chi connectivity index (χ2n) is 4.03. The average Bonchev–Trinajstić information content (AvgIpc) is 2.27. The number of carbonyl (C=O) groups excluding carboxylic acids is 2. The SMILES string of the molecule is CNC(=O)C1CCCN(C(=O)[C@@H](C)N)C1. The highest BCUT2D eigenvalue weighted by Gasteiger charge is 2.28. The summed E-state index contributed by atoms with van der Waals surface area (Å²) in [5.74, 6) is -0.132. The number of amides is 2. The molecule has 0 aromatic carbocycles. The lowest BCUT2D eigenvalue weighted by atomic mass is 9.97. The highest BCUT2D eigenvalue weighted by atomic mass is 16.2. The molecule has 3 N–H and O–H groups in total. The van der Waals surface area contributed by atoms with Crippen molar-refractivity contribution in [2.45, 2.75) is 25.8 Å². The van der Waals surface area contributed by atoms with Crippen molar-refractivity contribution in [1.29, 1.82) is 0 Å². The van der Waals surface area contributed by atoms with Crippen LogP contribution in [0.1, 0.15) is 19.8 Å². The molecule has 15 heavy (non-hydrogen) atoms. The van der Waals surface area contributed by atoms with Gasteiger partial charge in [-0.25, -0.2) is 0 Å². The summed E-state index contributed by atoms with van der Waals surface area (Å²) in [5.41, 5.74) is 5.53. The summed E-state index contributed by atoms with van der Waals surface area (Å²) in [7, 11) is 1.62. The molecule has 0 bridgehead atoms. The maximum Gasteiger partial charge on any atom is 0.239 e. The Morgan fingerprint density at radius 2 is 2.20 bits per heavy atom. The maximum atomic E-state index is 11.6. The van der Waals surface area contributed by atoms with Crippen molar-refractivity contribution in [1.82, 2.24) is 10.2 Å². The predicted molar refractivity (Wildman–Crippen MR) is 57.0 cm³/mol. The van der Waals surface area contributed by atoms with Crippen LogP contribution in [0.15, 0.2) is 0 Å². The van der Waals surface area contributed by atoms with E-state index in [2.05, 4.69) is 5.32 Å². The minimum Gasteiger partial charge on any atom is -0.359 e. The first-order valence-corrected chi connectivity index (χ1v) is 5.32. The molecule has 5 heteroatoms. The van der Waals surface area contributed by atoms with Gasteiger partial charge in [0.05, 0.1) is 12.0 Å². The summed E-state index contributed by atoms with van der Waals surface area (Å²) < 4.78 is 0. The van der Waals surface area contributed by atoms with Gasteiger partial charge in [0.25, 0.3) is 0 Å². The van der Waals surface area contributed by atoms with Gasteiger partial charge in [-0.3, -0.25) is 9.59 Å². The highest BCUT2D eigenvalue weighted by molar-refractivity contribution is 5.83. The third-order valence-electron chi connectivity index (χ3n) is 2.74. The highest BCUT2D eigenvalue weighted by Crippen LogP contribution is 2.16. The molecule has 0 radical (unpaired) electrons. The molecule has 2 atom stereocenters. The molecule has 5 nitrogen and oxygen atoms in total. The van der Waals surface area contributed by atoms with Crippen LogP contribution in [-0.2, 0) is 9.59 Å². The molecule has 0 saturated carbocycles. The van der Waals surface area contributed by atoms with Gasteiger partial charge < -0.3 is 16.0 Å². The van der Waals surface area contributed by atoms with Crippen molar-refractivity contribution in [2.24, 2.45) is 11.7 Å². The summed E-state index contributed by atoms with van der Waals surface area (Å²) in [6.07, 6.45) is 1.72. The second-order valence-corrected chi connectivity index (χ2v) is 4.03. The van der Waals surface area contributed by atoms with Crippen LogP contribution in [0.4, 0.5) is 0 Å². The predicted octanol–water partition coefficient (Wildman–Crippen LogP) is -0.682. The van der Waals surface area contributed by atoms with Crippen LogP contribution in [0.2, 0.25) is 0 Å². The number of nitrogens with one attached hydrogen (secondary N) is 1. The number of carbonyl (C=O) groups is 2. The van der Waals surface area contributed by atoms with Gasteiger partial charge in [0.2, 0.25) is 11.8 Å². The van der Waals surface area contributed by atoms with Crippen LogP contribution in [0.25, 0.3) is 0 Å². The molecule has 0 spiro atoms. The first-order chi connectivity index (χ1) is 7.06. The number of rotatable bonds is 2. The fourth-order valence-corrected chi connectivity index (χ4v) is 1.88. The lowest BCUT2D eigenvalue weighted by molar-refractivity contribution is -0.136. The van der Waals surface area contributed by atoms with Crippen LogP contribution >= 0.6 is 0 Å². The molecule has 1 aliphatic rings. The van der Waals surface area contributed by atoms with E-state index in [0.29, 0.717) is 13.1 Å². The number of hydrogen-bond acceptors (Lipinski definition) is 3. The molecule has 1 fully saturated rings. The van der Waals surface area contributed by atoms with Crippen LogP contribution < -0.4 is 11.1 Å². The van der Waals surface area contributed by atoms with Crippen molar-refractivity contribution in [3.8, 4) is 0 Å². The van der Waals surface area contributed by atoms with E-state index in [1.54, 1.807) is 18.9 Å². The molecule has 0 aromatic heterocycles. The van der Waals surface area contributed by atoms with E-state index in [9.17, 15) is 9.59 Å². The summed E-state index contributed by atoms with van der Waals surface area (Å²) >= 11 is 0. The van der Waals surface area contributed by atoms with E-state index in [-0.39, 0.29) is 17.7 Å². The molecule has 2 amide bonds. The normalized spacial score (nSPS) is 23.4. The fraction of sp³-hybridized carbons (Fsp3) is 0.800. The lowest BCUT2D eigenvalue weighted by Gasteiger charge is -2.32. The van der Waals surface area contributed by atoms with E-state index < -0.39 is 6.04 Å². The minimum absolute atomic E-state index is 0.0113. The molecule has 0 aliphatic carbocycles. The van der Waals surface area contributed by atoms with Crippen LogP contribution in [0.5, 0.6) is 0 Å². The average molecular weight is 213 g/mol. The summed E-state index contributed by atoms with van der Waals surface area (Å²) in [6.45, 7) is 2.89. The topological polar surface area (TPSA) is 75.4 Å². The molecule has 1 aliphatic heterocycles. The Hall–Kier alpha value is -1.10. The van der Waals surface area contributed by atoms with E-state index in [1.165, 1.54) is 0 Å². The molecule has 1 heterocycles. The second kappa shape index (κ2) is 5.11. The van der Waals surface area contributed by atoms with Crippen molar-refractivity contribution in [2.75, 3.05) is 20.1 Å². The maximum absolute atomic E-state index is 11.6. The Morgan fingerprint density at radius 3 is 2.73 bits per heavy atom. The summed E-state index contributed by atoms with van der Waals surface area (Å²) in [6, 6.07) is -0.478. The third kappa shape index (κ3) is 2.92. The van der Waals surface area contributed by atoms with Crippen LogP contribution in [-0.4, -0.2) is 42.9 Å². The summed E-state index contributed by atoms with van der Waals surface area (Å²) in [4.78, 5) is 24.7. The van der Waals surface area contributed by atoms with Crippen molar-refractivity contribution < 1.29 is 9.59 Å². The number of likely N-dealkylation sites (tertiary alicyclic amines) is 1. The number of hydrogen-bond donors (Lipinski definition) is 2. The Kier molecular flexibility index (Phi) is 4.08. The van der Waals surface area contributed by atoms with Gasteiger partial charge in [-0.05, 0) is 19.8 Å². The molecule has 1 unspecified atom stereocenters. The largest absolute Gasteiger partial charge is 0.359 e. The fourth-order valence-electron chi connectivity index (χ4n) is 1.88. The first-order valence-electron chi connectivity index (χ1n) is 5.32. The molecule has 1 rings (SSSR count). The van der Waals surface area contributed by atoms with Crippen molar-refractivity contribution in [3.05, 3.63) is 0 Å². The van der Waals surface area contributed by atoms with Gasteiger partial charge >= 0.3 is 0 Å². The van der Waals surface area contributed by atoms with Gasteiger partial charge in [-0.2, -0.15) is 0 Å². The van der Waals surface area contributed by atoms with Gasteiger partial charge in [-0.15, -0.1) is 0 Å². The Bertz CT molecular complexity index is 253. The Morgan fingerprint density at radius 1 is 1.53 bits per heavy atom. The number of nitrogens with zero attached hydrogens (tertiary/aromatic N) is 1. The quantitative estimate of drug-likeness (QED) is 0.638. The molecule has 0 aromatic rings. The zero-order valence-corrected chi connectivity index (χ0v) is 9.32. The molecular formula is C10H19N3O2.